The summed E-state index contributed by atoms with van der Waals surface area (Å²) in [5.74, 6) is -5.14. The number of amidine groups is 1. The Kier molecular flexibility index (Phi) is 10.1. The Labute approximate surface area is 211 Å². The van der Waals surface area contributed by atoms with Crippen molar-refractivity contribution in [1.82, 2.24) is 16.0 Å². The van der Waals surface area contributed by atoms with Crippen LogP contribution >= 0.6 is 0 Å². The normalized spacial score (nSPS) is 12.0. The number of carboxylic acids is 2. The van der Waals surface area contributed by atoms with Crippen LogP contribution in [0.3, 0.4) is 0 Å². The number of phenolic OH excluding ortho intramolecular Hbond substituents is 1. The van der Waals surface area contributed by atoms with Crippen molar-refractivity contribution in [1.29, 1.82) is 5.41 Å². The van der Waals surface area contributed by atoms with Gasteiger partial charge in [-0.25, -0.2) is 9.59 Å². The number of nitrogen functional groups attached to an aromatic ring is 1. The lowest BCUT2D eigenvalue weighted by molar-refractivity contribution is -0.144. The van der Waals surface area contributed by atoms with Crippen LogP contribution in [0, 0.1) is 5.41 Å². The minimum atomic E-state index is -1.62. The fraction of sp³-hybridized carbons (Fsp3) is 0.250. The third-order valence-electron chi connectivity index (χ3n) is 5.13. The van der Waals surface area contributed by atoms with Gasteiger partial charge in [0.2, 0.25) is 11.8 Å². The number of nitrogens with one attached hydrogen (secondary N) is 4. The van der Waals surface area contributed by atoms with E-state index in [1.165, 1.54) is 48.5 Å². The quantitative estimate of drug-likeness (QED) is 0.128. The molecular weight excluding hydrogens is 486 g/mol. The molecule has 2 atom stereocenters. The van der Waals surface area contributed by atoms with E-state index < -0.39 is 48.2 Å². The van der Waals surface area contributed by atoms with Crippen molar-refractivity contribution in [3.8, 4) is 5.75 Å². The monoisotopic (exact) mass is 513 g/mol. The molecule has 0 aromatic heterocycles. The molecule has 0 aliphatic carbocycles. The van der Waals surface area contributed by atoms with Crippen molar-refractivity contribution < 1.29 is 39.3 Å². The molecule has 0 radical (unpaired) electrons. The van der Waals surface area contributed by atoms with Crippen LogP contribution in [0.25, 0.3) is 0 Å². The van der Waals surface area contributed by atoms with E-state index in [2.05, 4.69) is 16.0 Å². The van der Waals surface area contributed by atoms with E-state index >= 15 is 0 Å². The minimum Gasteiger partial charge on any atom is -0.508 e. The first-order valence-corrected chi connectivity index (χ1v) is 11.0. The van der Waals surface area contributed by atoms with Gasteiger partial charge in [0.05, 0.1) is 6.42 Å². The Morgan fingerprint density at radius 3 is 1.89 bits per heavy atom. The molecule has 0 saturated carbocycles. The first kappa shape index (κ1) is 28.3. The van der Waals surface area contributed by atoms with Crippen LogP contribution in [0.5, 0.6) is 5.75 Å². The van der Waals surface area contributed by atoms with E-state index in [-0.39, 0.29) is 36.5 Å². The molecule has 0 aliphatic heterocycles. The molecule has 0 saturated heterocycles. The molecule has 9 N–H and O–H groups in total. The second-order valence-corrected chi connectivity index (χ2v) is 7.99. The third-order valence-corrected chi connectivity index (χ3v) is 5.13. The van der Waals surface area contributed by atoms with Gasteiger partial charge in [0.1, 0.15) is 23.7 Å². The summed E-state index contributed by atoms with van der Waals surface area (Å²) in [6, 6.07) is 8.60. The van der Waals surface area contributed by atoms with Gasteiger partial charge in [-0.3, -0.25) is 19.8 Å². The van der Waals surface area contributed by atoms with Gasteiger partial charge >= 0.3 is 11.9 Å². The van der Waals surface area contributed by atoms with E-state index in [0.717, 1.165) is 0 Å². The van der Waals surface area contributed by atoms with Crippen molar-refractivity contribution in [2.45, 2.75) is 31.3 Å². The van der Waals surface area contributed by atoms with Gasteiger partial charge in [0.15, 0.2) is 0 Å². The lowest BCUT2D eigenvalue weighted by Crippen LogP contribution is -2.48. The molecule has 13 nitrogen and oxygen atoms in total. The van der Waals surface area contributed by atoms with Gasteiger partial charge in [-0.2, -0.15) is 0 Å². The minimum absolute atomic E-state index is 0.0115. The summed E-state index contributed by atoms with van der Waals surface area (Å²) in [5, 5.41) is 42.3. The standard InChI is InChI=1S/C24H27N5O8/c25-21(26)14-3-5-15(6-4-14)22(33)27-10-9-19(31)28-18(24(36)37)12-20(32)29-17(23(34)35)11-13-1-7-16(30)8-2-13/h1-8,17-18,30H,9-12H2,(H3,25,26)(H,27,33)(H,28,31)(H,29,32)(H,34,35)(H,36,37)/t17-,18-/m0/s1. The zero-order valence-corrected chi connectivity index (χ0v) is 19.6. The molecule has 0 aliphatic rings. The molecule has 2 aromatic rings. The van der Waals surface area contributed by atoms with Crippen molar-refractivity contribution in [2.24, 2.45) is 5.73 Å². The molecule has 2 aromatic carbocycles. The lowest BCUT2D eigenvalue weighted by Gasteiger charge is -2.18. The predicted molar refractivity (Wildman–Crippen MR) is 130 cm³/mol. The number of carbonyl (C=O) groups is 5. The third kappa shape index (κ3) is 9.32. The van der Waals surface area contributed by atoms with Crippen molar-refractivity contribution in [3.63, 3.8) is 0 Å². The number of hydrogen-bond acceptors (Lipinski definition) is 7. The van der Waals surface area contributed by atoms with Gasteiger partial charge in [-0.15, -0.1) is 0 Å². The second kappa shape index (κ2) is 13.2. The number of benzene rings is 2. The number of aliphatic carboxylic acids is 2. The Morgan fingerprint density at radius 1 is 0.811 bits per heavy atom. The zero-order chi connectivity index (χ0) is 27.5. The van der Waals surface area contributed by atoms with E-state index in [4.69, 9.17) is 11.1 Å². The van der Waals surface area contributed by atoms with Crippen LogP contribution in [0.1, 0.15) is 34.3 Å². The maximum Gasteiger partial charge on any atom is 0.326 e. The van der Waals surface area contributed by atoms with Gasteiger partial charge < -0.3 is 37.0 Å². The van der Waals surface area contributed by atoms with Crippen molar-refractivity contribution >= 4 is 35.5 Å². The molecule has 3 amide bonds. The lowest BCUT2D eigenvalue weighted by atomic mass is 10.1. The molecule has 13 heteroatoms. The second-order valence-electron chi connectivity index (χ2n) is 7.99. The first-order chi connectivity index (χ1) is 17.5. The highest BCUT2D eigenvalue weighted by Gasteiger charge is 2.26. The highest BCUT2D eigenvalue weighted by atomic mass is 16.4. The SMILES string of the molecule is N=C(N)c1ccc(C(=O)NCCC(=O)N[C@@H](CC(=O)N[C@@H](Cc2ccc(O)cc2)C(=O)O)C(=O)O)cc1. The molecule has 37 heavy (non-hydrogen) atoms. The van der Waals surface area contributed by atoms with Gasteiger partial charge in [-0.1, -0.05) is 24.3 Å². The largest absolute Gasteiger partial charge is 0.508 e. The van der Waals surface area contributed by atoms with Gasteiger partial charge in [0, 0.05) is 30.5 Å². The van der Waals surface area contributed by atoms with E-state index in [1.807, 2.05) is 0 Å². The summed E-state index contributed by atoms with van der Waals surface area (Å²) in [6.07, 6.45) is -1.10. The number of carbonyl (C=O) groups excluding carboxylic acids is 3. The highest BCUT2D eigenvalue weighted by Crippen LogP contribution is 2.12. The van der Waals surface area contributed by atoms with Crippen LogP contribution in [0.15, 0.2) is 48.5 Å². The predicted octanol–water partition coefficient (Wildman–Crippen LogP) is -0.432. The Hall–Kier alpha value is -4.94. The molecule has 2 rings (SSSR count). The first-order valence-electron chi connectivity index (χ1n) is 11.0. The van der Waals surface area contributed by atoms with Crippen LogP contribution in [-0.4, -0.2) is 69.4 Å². The van der Waals surface area contributed by atoms with Crippen LogP contribution in [-0.2, 0) is 25.6 Å². The maximum atomic E-state index is 12.3. The number of aromatic hydroxyl groups is 1. The summed E-state index contributed by atoms with van der Waals surface area (Å²) in [6.45, 7) is -0.120. The van der Waals surface area contributed by atoms with E-state index in [1.54, 1.807) is 0 Å². The summed E-state index contributed by atoms with van der Waals surface area (Å²) >= 11 is 0. The van der Waals surface area contributed by atoms with Crippen molar-refractivity contribution in [2.75, 3.05) is 6.54 Å². The number of rotatable bonds is 13. The maximum absolute atomic E-state index is 12.3. The van der Waals surface area contributed by atoms with Crippen LogP contribution in [0.2, 0.25) is 0 Å². The molecular formula is C24H27N5O8. The fourth-order valence-electron chi connectivity index (χ4n) is 3.17. The van der Waals surface area contributed by atoms with E-state index in [0.29, 0.717) is 11.1 Å². The highest BCUT2D eigenvalue weighted by molar-refractivity contribution is 5.98. The number of hydrogen-bond donors (Lipinski definition) is 8. The molecule has 0 bridgehead atoms. The zero-order valence-electron chi connectivity index (χ0n) is 19.6. The Balaban J connectivity index is 1.85. The van der Waals surface area contributed by atoms with Crippen LogP contribution in [0.4, 0.5) is 0 Å². The average molecular weight is 514 g/mol. The topological polar surface area (TPSA) is 232 Å². The summed E-state index contributed by atoms with van der Waals surface area (Å²) in [5.41, 5.74) is 6.58. The number of phenols is 1. The molecule has 196 valence electrons. The van der Waals surface area contributed by atoms with Gasteiger partial charge in [0.25, 0.3) is 5.91 Å². The van der Waals surface area contributed by atoms with Gasteiger partial charge in [-0.05, 0) is 29.8 Å². The number of carboxylic acid groups (broad SMARTS) is 2. The smallest absolute Gasteiger partial charge is 0.326 e. The average Bonchev–Trinajstić information content (AvgIpc) is 2.84. The molecule has 0 heterocycles. The van der Waals surface area contributed by atoms with Crippen molar-refractivity contribution in [3.05, 3.63) is 65.2 Å². The molecule has 0 fully saturated rings. The summed E-state index contributed by atoms with van der Waals surface area (Å²) in [7, 11) is 0. The van der Waals surface area contributed by atoms with E-state index in [9.17, 15) is 39.3 Å². The Bertz CT molecular complexity index is 1160. The molecule has 0 unspecified atom stereocenters. The summed E-state index contributed by atoms with van der Waals surface area (Å²) in [4.78, 5) is 59.7. The summed E-state index contributed by atoms with van der Waals surface area (Å²) < 4.78 is 0. The Morgan fingerprint density at radius 2 is 1.35 bits per heavy atom. The number of amides is 3. The fourth-order valence-corrected chi connectivity index (χ4v) is 3.17. The number of nitrogens with two attached hydrogens (primary N) is 1. The van der Waals surface area contributed by atoms with Crippen LogP contribution < -0.4 is 21.7 Å². The molecule has 0 spiro atoms.